The molecule has 0 bridgehead atoms. The molecule has 0 aromatic heterocycles. The largest absolute Gasteiger partial charge is 0.389 e. The van der Waals surface area contributed by atoms with Gasteiger partial charge in [0.1, 0.15) is 17.2 Å². The third-order valence-electron chi connectivity index (χ3n) is 6.46. The Morgan fingerprint density at radius 3 is 2.09 bits per heavy atom. The Kier molecular flexibility index (Phi) is 8.90. The van der Waals surface area contributed by atoms with Gasteiger partial charge in [-0.25, -0.2) is 8.78 Å². The second-order valence-corrected chi connectivity index (χ2v) is 8.75. The molecule has 33 heavy (non-hydrogen) atoms. The van der Waals surface area contributed by atoms with E-state index >= 15 is 0 Å². The standard InChI is InChI=1S/C28H32F4O/c1-3-5-6-7-21-8-10-22(11-9-21)16-17-33-28(31,32)27-25(29)18-24(19-26(27)30)23-14-12-20(4-2)13-15-23/h3-5,8-11,18-20,23H,2,6-7,12-17H2,1H3/b5-3+. The van der Waals surface area contributed by atoms with Crippen LogP contribution in [0.1, 0.15) is 67.2 Å². The maximum atomic E-state index is 14.6. The Hall–Kier alpha value is -2.40. The summed E-state index contributed by atoms with van der Waals surface area (Å²) < 4.78 is 63.0. The van der Waals surface area contributed by atoms with E-state index in [2.05, 4.69) is 17.4 Å². The van der Waals surface area contributed by atoms with Gasteiger partial charge in [0, 0.05) is 0 Å². The predicted octanol–water partition coefficient (Wildman–Crippen LogP) is 8.24. The Labute approximate surface area is 194 Å². The lowest BCUT2D eigenvalue weighted by molar-refractivity contribution is -0.251. The molecular formula is C28H32F4O. The number of ether oxygens (including phenoxy) is 1. The second-order valence-electron chi connectivity index (χ2n) is 8.75. The first-order valence-corrected chi connectivity index (χ1v) is 11.7. The van der Waals surface area contributed by atoms with E-state index in [1.807, 2.05) is 43.3 Å². The summed E-state index contributed by atoms with van der Waals surface area (Å²) in [6.45, 7) is 5.41. The van der Waals surface area contributed by atoms with Crippen LogP contribution in [0.25, 0.3) is 0 Å². The molecule has 0 heterocycles. The summed E-state index contributed by atoms with van der Waals surface area (Å²) in [6, 6.07) is 9.73. The highest BCUT2D eigenvalue weighted by atomic mass is 19.3. The molecule has 0 radical (unpaired) electrons. The summed E-state index contributed by atoms with van der Waals surface area (Å²) >= 11 is 0. The number of allylic oxidation sites excluding steroid dienone is 3. The Morgan fingerprint density at radius 1 is 0.970 bits per heavy atom. The highest BCUT2D eigenvalue weighted by molar-refractivity contribution is 5.31. The van der Waals surface area contributed by atoms with Crippen molar-refractivity contribution in [3.63, 3.8) is 0 Å². The molecule has 2 aromatic rings. The quantitative estimate of drug-likeness (QED) is 0.256. The molecule has 1 nitrogen and oxygen atoms in total. The van der Waals surface area contributed by atoms with Gasteiger partial charge >= 0.3 is 6.11 Å². The van der Waals surface area contributed by atoms with Gasteiger partial charge in [0.15, 0.2) is 0 Å². The van der Waals surface area contributed by atoms with Gasteiger partial charge in [0.2, 0.25) is 0 Å². The monoisotopic (exact) mass is 460 g/mol. The Balaban J connectivity index is 1.59. The molecule has 178 valence electrons. The van der Waals surface area contributed by atoms with Crippen LogP contribution in [0.3, 0.4) is 0 Å². The van der Waals surface area contributed by atoms with E-state index in [4.69, 9.17) is 0 Å². The van der Waals surface area contributed by atoms with Crippen LogP contribution in [-0.2, 0) is 23.7 Å². The minimum atomic E-state index is -4.04. The molecule has 0 amide bonds. The van der Waals surface area contributed by atoms with Crippen molar-refractivity contribution in [2.45, 2.75) is 63.9 Å². The summed E-state index contributed by atoms with van der Waals surface area (Å²) in [5.74, 6) is -2.14. The van der Waals surface area contributed by atoms with Crippen LogP contribution in [0, 0.1) is 17.6 Å². The smallest absolute Gasteiger partial charge is 0.316 e. The van der Waals surface area contributed by atoms with E-state index in [0.29, 0.717) is 11.5 Å². The van der Waals surface area contributed by atoms with Crippen LogP contribution in [0.15, 0.2) is 61.2 Å². The fourth-order valence-electron chi connectivity index (χ4n) is 4.45. The fraction of sp³-hybridized carbons (Fsp3) is 0.429. The van der Waals surface area contributed by atoms with Crippen molar-refractivity contribution in [1.82, 2.24) is 0 Å². The number of hydrogen-bond acceptors (Lipinski definition) is 1. The number of rotatable bonds is 10. The van der Waals surface area contributed by atoms with E-state index in [1.165, 1.54) is 0 Å². The normalized spacial score (nSPS) is 19.2. The molecule has 0 atom stereocenters. The third kappa shape index (κ3) is 6.80. The van der Waals surface area contributed by atoms with Crippen molar-refractivity contribution < 1.29 is 22.3 Å². The van der Waals surface area contributed by atoms with E-state index in [9.17, 15) is 17.6 Å². The highest BCUT2D eigenvalue weighted by Gasteiger charge is 2.40. The van der Waals surface area contributed by atoms with Crippen molar-refractivity contribution in [3.05, 3.63) is 95.1 Å². The molecular weight excluding hydrogens is 428 g/mol. The lowest BCUT2D eigenvalue weighted by Gasteiger charge is -2.27. The third-order valence-corrected chi connectivity index (χ3v) is 6.46. The topological polar surface area (TPSA) is 9.23 Å². The summed E-state index contributed by atoms with van der Waals surface area (Å²) in [7, 11) is 0. The van der Waals surface area contributed by atoms with Gasteiger partial charge in [-0.1, -0.05) is 42.5 Å². The Morgan fingerprint density at radius 2 is 1.55 bits per heavy atom. The molecule has 0 saturated heterocycles. The van der Waals surface area contributed by atoms with Gasteiger partial charge < -0.3 is 4.74 Å². The van der Waals surface area contributed by atoms with E-state index in [-0.39, 0.29) is 18.9 Å². The summed E-state index contributed by atoms with van der Waals surface area (Å²) in [6.07, 6.45) is 7.30. The summed E-state index contributed by atoms with van der Waals surface area (Å²) in [4.78, 5) is 0. The lowest BCUT2D eigenvalue weighted by atomic mass is 9.78. The molecule has 0 N–H and O–H groups in total. The molecule has 1 fully saturated rings. The number of halogens is 4. The fourth-order valence-corrected chi connectivity index (χ4v) is 4.45. The molecule has 5 heteroatoms. The zero-order chi connectivity index (χ0) is 23.8. The first-order valence-electron chi connectivity index (χ1n) is 11.7. The van der Waals surface area contributed by atoms with E-state index in [1.54, 1.807) is 0 Å². The van der Waals surface area contributed by atoms with Crippen LogP contribution in [0.5, 0.6) is 0 Å². The van der Waals surface area contributed by atoms with Gasteiger partial charge in [-0.2, -0.15) is 8.78 Å². The van der Waals surface area contributed by atoms with Crippen LogP contribution in [-0.4, -0.2) is 6.61 Å². The SMILES string of the molecule is C=CC1CCC(c2cc(F)c(C(F)(F)OCCc3ccc(CC/C=C/C)cc3)c(F)c2)CC1. The minimum absolute atomic E-state index is 0.0326. The zero-order valence-electron chi connectivity index (χ0n) is 19.1. The molecule has 1 aliphatic carbocycles. The number of alkyl halides is 2. The molecule has 0 spiro atoms. The van der Waals surface area contributed by atoms with Gasteiger partial charge in [-0.05, 0) is 92.5 Å². The zero-order valence-corrected chi connectivity index (χ0v) is 19.1. The van der Waals surface area contributed by atoms with Gasteiger partial charge in [0.25, 0.3) is 0 Å². The van der Waals surface area contributed by atoms with Crippen molar-refractivity contribution in [3.8, 4) is 0 Å². The van der Waals surface area contributed by atoms with Crippen LogP contribution in [0.4, 0.5) is 17.6 Å². The second kappa shape index (κ2) is 11.6. The van der Waals surface area contributed by atoms with Crippen LogP contribution in [0.2, 0.25) is 0 Å². The predicted molar refractivity (Wildman–Crippen MR) is 124 cm³/mol. The highest BCUT2D eigenvalue weighted by Crippen LogP contribution is 2.40. The van der Waals surface area contributed by atoms with Gasteiger partial charge in [-0.15, -0.1) is 6.58 Å². The Bertz CT molecular complexity index is 918. The average molecular weight is 461 g/mol. The maximum absolute atomic E-state index is 14.6. The summed E-state index contributed by atoms with van der Waals surface area (Å²) in [5.41, 5.74) is 1.10. The molecule has 2 aromatic carbocycles. The average Bonchev–Trinajstić information content (AvgIpc) is 2.79. The number of benzene rings is 2. The maximum Gasteiger partial charge on any atom is 0.389 e. The van der Waals surface area contributed by atoms with E-state index < -0.39 is 23.3 Å². The van der Waals surface area contributed by atoms with Crippen molar-refractivity contribution >= 4 is 0 Å². The summed E-state index contributed by atoms with van der Waals surface area (Å²) in [5, 5.41) is 0. The van der Waals surface area contributed by atoms with Crippen molar-refractivity contribution in [2.75, 3.05) is 6.61 Å². The molecule has 3 rings (SSSR count). The number of hydrogen-bond donors (Lipinski definition) is 0. The van der Waals surface area contributed by atoms with Crippen LogP contribution < -0.4 is 0 Å². The molecule has 0 unspecified atom stereocenters. The number of aryl methyl sites for hydroxylation is 1. The first kappa shape index (κ1) is 25.2. The van der Waals surface area contributed by atoms with E-state index in [0.717, 1.165) is 61.8 Å². The van der Waals surface area contributed by atoms with Crippen molar-refractivity contribution in [2.24, 2.45) is 5.92 Å². The molecule has 1 aliphatic rings. The first-order chi connectivity index (χ1) is 15.8. The molecule has 1 saturated carbocycles. The van der Waals surface area contributed by atoms with Crippen molar-refractivity contribution in [1.29, 1.82) is 0 Å². The minimum Gasteiger partial charge on any atom is -0.316 e. The van der Waals surface area contributed by atoms with Gasteiger partial charge in [0.05, 0.1) is 6.61 Å². The van der Waals surface area contributed by atoms with Gasteiger partial charge in [-0.3, -0.25) is 0 Å². The van der Waals surface area contributed by atoms with Crippen LogP contribution >= 0.6 is 0 Å². The lowest BCUT2D eigenvalue weighted by Crippen LogP contribution is -2.24. The molecule has 0 aliphatic heterocycles.